The van der Waals surface area contributed by atoms with Crippen LogP contribution < -0.4 is 15.5 Å². The molecule has 0 spiro atoms. The van der Waals surface area contributed by atoms with Gasteiger partial charge in [0.2, 0.25) is 0 Å². The Bertz CT molecular complexity index is 1760. The van der Waals surface area contributed by atoms with Crippen molar-refractivity contribution < 1.29 is 18.3 Å². The zero-order valence-electron chi connectivity index (χ0n) is 23.3. The average molecular weight is 591 g/mol. The Morgan fingerprint density at radius 3 is 2.23 bits per heavy atom. The van der Waals surface area contributed by atoms with Crippen molar-refractivity contribution in [1.29, 1.82) is 0 Å². The highest BCUT2D eigenvalue weighted by Crippen LogP contribution is 2.36. The van der Waals surface area contributed by atoms with Crippen LogP contribution in [0.5, 0.6) is 0 Å². The van der Waals surface area contributed by atoms with Gasteiger partial charge in [-0.2, -0.15) is 10.2 Å². The van der Waals surface area contributed by atoms with Crippen molar-refractivity contribution in [1.82, 2.24) is 29.1 Å². The number of hydrogen-bond donors (Lipinski definition) is 1. The molecule has 1 N–H and O–H groups in total. The van der Waals surface area contributed by atoms with E-state index in [0.29, 0.717) is 43.6 Å². The monoisotopic (exact) mass is 590 g/mol. The Morgan fingerprint density at radius 2 is 1.56 bits per heavy atom. The fraction of sp³-hybridized carbons (Fsp3) is 0.267. The summed E-state index contributed by atoms with van der Waals surface area (Å²) >= 11 is 0. The molecule has 1 fully saturated rings. The Labute approximate surface area is 244 Å². The lowest BCUT2D eigenvalue weighted by Crippen LogP contribution is -2.46. The summed E-state index contributed by atoms with van der Waals surface area (Å²) in [5.41, 5.74) is -0.706. The molecule has 5 aromatic rings. The van der Waals surface area contributed by atoms with Crippen molar-refractivity contribution in [2.24, 2.45) is 0 Å². The molecule has 10 nitrogen and oxygen atoms in total. The lowest BCUT2D eigenvalue weighted by Gasteiger charge is -2.37. The second-order valence-corrected chi connectivity index (χ2v) is 10.5. The smallest absolute Gasteiger partial charge is 0.350 e. The van der Waals surface area contributed by atoms with E-state index < -0.39 is 29.0 Å². The topological polar surface area (TPSA) is 97.2 Å². The van der Waals surface area contributed by atoms with E-state index in [9.17, 15) is 23.1 Å². The van der Waals surface area contributed by atoms with Crippen molar-refractivity contribution in [3.8, 4) is 5.69 Å². The predicted octanol–water partition coefficient (Wildman–Crippen LogP) is 3.52. The highest BCUT2D eigenvalue weighted by atomic mass is 19.1. The van der Waals surface area contributed by atoms with E-state index in [1.165, 1.54) is 41.2 Å². The third-order valence-corrected chi connectivity index (χ3v) is 7.98. The fourth-order valence-corrected chi connectivity index (χ4v) is 5.54. The summed E-state index contributed by atoms with van der Waals surface area (Å²) in [7, 11) is 0. The van der Waals surface area contributed by atoms with E-state index in [4.69, 9.17) is 0 Å². The number of halogens is 3. The quantitative estimate of drug-likeness (QED) is 0.296. The van der Waals surface area contributed by atoms with E-state index in [2.05, 4.69) is 20.1 Å². The number of nitrogens with zero attached hydrogens (tertiary/aromatic N) is 8. The Kier molecular flexibility index (Phi) is 7.48. The number of piperazine rings is 1. The zero-order chi connectivity index (χ0) is 30.1. The number of rotatable bonds is 8. The molecule has 1 aliphatic heterocycles. The van der Waals surface area contributed by atoms with Crippen LogP contribution in [-0.4, -0.2) is 60.4 Å². The first-order valence-corrected chi connectivity index (χ1v) is 13.8. The largest absolute Gasteiger partial charge is 0.381 e. The van der Waals surface area contributed by atoms with E-state index in [1.807, 2.05) is 23.1 Å². The van der Waals surface area contributed by atoms with Crippen LogP contribution in [0.2, 0.25) is 0 Å². The molecule has 2 atom stereocenters. The van der Waals surface area contributed by atoms with Gasteiger partial charge in [0.05, 0.1) is 24.0 Å². The molecular formula is C30H29F3N8O2. The second-order valence-electron chi connectivity index (χ2n) is 10.5. The van der Waals surface area contributed by atoms with Crippen LogP contribution in [0.15, 0.2) is 90.5 Å². The van der Waals surface area contributed by atoms with Crippen LogP contribution in [0, 0.1) is 17.5 Å². The van der Waals surface area contributed by atoms with Crippen molar-refractivity contribution in [3.63, 3.8) is 0 Å². The van der Waals surface area contributed by atoms with Crippen molar-refractivity contribution in [2.45, 2.75) is 25.1 Å². The summed E-state index contributed by atoms with van der Waals surface area (Å²) in [6, 6.07) is 15.9. The molecule has 0 bridgehead atoms. The maximum absolute atomic E-state index is 15.0. The second kappa shape index (κ2) is 11.4. The van der Waals surface area contributed by atoms with E-state index in [0.717, 1.165) is 22.5 Å². The molecule has 1 aliphatic rings. The van der Waals surface area contributed by atoms with Crippen LogP contribution in [0.25, 0.3) is 5.69 Å². The van der Waals surface area contributed by atoms with Gasteiger partial charge >= 0.3 is 5.69 Å². The molecule has 0 aliphatic carbocycles. The summed E-state index contributed by atoms with van der Waals surface area (Å²) in [6.45, 7) is 4.00. The number of para-hydroxylation sites is 1. The highest BCUT2D eigenvalue weighted by Gasteiger charge is 2.42. The SMILES string of the molecule is C[C@@H](n1ncn(-c2ccc(N3CCN(c4ccccc4F)CC3)cc2)c1=O)[C@](O)(Cn1cncn1)c1ccc(F)cc1F. The third-order valence-electron chi connectivity index (χ3n) is 7.98. The molecule has 1 saturated heterocycles. The van der Waals surface area contributed by atoms with Gasteiger partial charge < -0.3 is 14.9 Å². The summed E-state index contributed by atoms with van der Waals surface area (Å²) in [5, 5.41) is 20.1. The van der Waals surface area contributed by atoms with Crippen LogP contribution in [0.4, 0.5) is 24.5 Å². The molecular weight excluding hydrogens is 561 g/mol. The lowest BCUT2D eigenvalue weighted by atomic mass is 9.86. The minimum atomic E-state index is -2.04. The van der Waals surface area contributed by atoms with Gasteiger partial charge in [-0.3, -0.25) is 0 Å². The Hall–Kier alpha value is -4.91. The van der Waals surface area contributed by atoms with Gasteiger partial charge in [-0.15, -0.1) is 0 Å². The molecule has 0 amide bonds. The maximum Gasteiger partial charge on any atom is 0.350 e. The number of benzene rings is 3. The Balaban J connectivity index is 1.22. The third kappa shape index (κ3) is 5.39. The van der Waals surface area contributed by atoms with Crippen molar-refractivity contribution in [2.75, 3.05) is 36.0 Å². The van der Waals surface area contributed by atoms with Crippen molar-refractivity contribution in [3.05, 3.63) is 119 Å². The average Bonchev–Trinajstić information content (AvgIpc) is 3.66. The van der Waals surface area contributed by atoms with Crippen molar-refractivity contribution >= 4 is 11.4 Å². The lowest BCUT2D eigenvalue weighted by molar-refractivity contribution is -0.0381. The van der Waals surface area contributed by atoms with E-state index >= 15 is 0 Å². The van der Waals surface area contributed by atoms with Crippen LogP contribution in [-0.2, 0) is 12.1 Å². The Morgan fingerprint density at radius 1 is 0.860 bits per heavy atom. The first-order valence-electron chi connectivity index (χ1n) is 13.8. The van der Waals surface area contributed by atoms with Gasteiger partial charge in [-0.1, -0.05) is 18.2 Å². The standard InChI is InChI=1S/C30H29F3N8O2/c1-21(30(43,17-39-19-34-18-35-39)25-11-6-22(31)16-27(25)33)41-29(42)40(20-36-41)24-9-7-23(8-10-24)37-12-14-38(15-13-37)28-5-3-2-4-26(28)32/h2-11,16,18-21,43H,12-15,17H2,1H3/t21-,30-/m1/s1. The van der Waals surface area contributed by atoms with Gasteiger partial charge in [-0.25, -0.2) is 36.9 Å². The van der Waals surface area contributed by atoms with Gasteiger partial charge in [0.1, 0.15) is 42.0 Å². The molecule has 0 radical (unpaired) electrons. The highest BCUT2D eigenvalue weighted by molar-refractivity contribution is 5.54. The van der Waals surface area contributed by atoms with Crippen LogP contribution >= 0.6 is 0 Å². The summed E-state index contributed by atoms with van der Waals surface area (Å²) in [6.07, 6.45) is 3.94. The number of hydrogen-bond acceptors (Lipinski definition) is 7. The minimum absolute atomic E-state index is 0.210. The molecule has 3 heterocycles. The maximum atomic E-state index is 15.0. The minimum Gasteiger partial charge on any atom is -0.381 e. The summed E-state index contributed by atoms with van der Waals surface area (Å²) < 4.78 is 46.6. The van der Waals surface area contributed by atoms with E-state index in [-0.39, 0.29) is 17.9 Å². The molecule has 3 aromatic carbocycles. The normalized spacial score (nSPS) is 15.8. The van der Waals surface area contributed by atoms with Crippen LogP contribution in [0.1, 0.15) is 18.5 Å². The van der Waals surface area contributed by atoms with Crippen LogP contribution in [0.3, 0.4) is 0 Å². The molecule has 222 valence electrons. The van der Waals surface area contributed by atoms with Gasteiger partial charge in [0, 0.05) is 43.5 Å². The number of anilines is 2. The fourth-order valence-electron chi connectivity index (χ4n) is 5.54. The molecule has 0 saturated carbocycles. The first kappa shape index (κ1) is 28.2. The van der Waals surface area contributed by atoms with Gasteiger partial charge in [-0.05, 0) is 49.4 Å². The predicted molar refractivity (Wildman–Crippen MR) is 154 cm³/mol. The molecule has 43 heavy (non-hydrogen) atoms. The summed E-state index contributed by atoms with van der Waals surface area (Å²) in [4.78, 5) is 21.6. The number of aliphatic hydroxyl groups is 1. The molecule has 2 aromatic heterocycles. The first-order chi connectivity index (χ1) is 20.7. The van der Waals surface area contributed by atoms with Gasteiger partial charge in [0.25, 0.3) is 0 Å². The van der Waals surface area contributed by atoms with Gasteiger partial charge in [0.15, 0.2) is 0 Å². The zero-order valence-corrected chi connectivity index (χ0v) is 23.3. The molecule has 6 rings (SSSR count). The molecule has 0 unspecified atom stereocenters. The molecule has 13 heteroatoms. The summed E-state index contributed by atoms with van der Waals surface area (Å²) in [5.74, 6) is -2.00. The van der Waals surface area contributed by atoms with E-state index in [1.54, 1.807) is 24.3 Å². The number of aromatic nitrogens is 6.